The second-order valence-electron chi connectivity index (χ2n) is 16.3. The van der Waals surface area contributed by atoms with Crippen molar-refractivity contribution >= 4 is 55.6 Å². The maximum Gasteiger partial charge on any atom is 0.0348 e. The van der Waals surface area contributed by atoms with Crippen molar-refractivity contribution in [2.24, 2.45) is 0 Å². The van der Waals surface area contributed by atoms with Crippen LogP contribution in [0.5, 0.6) is 0 Å². The molecule has 0 radical (unpaired) electrons. The highest BCUT2D eigenvalue weighted by atomic mass is 31.1. The first-order chi connectivity index (χ1) is 34.2. The molecule has 0 saturated carbocycles. The lowest BCUT2D eigenvalue weighted by atomic mass is 9.92. The molecular weight excluding hydrogens is 886 g/mol. The summed E-state index contributed by atoms with van der Waals surface area (Å²) >= 11 is 0. The summed E-state index contributed by atoms with van der Waals surface area (Å²) in [5, 5.41) is 7.51. The van der Waals surface area contributed by atoms with Gasteiger partial charge in [0.2, 0.25) is 0 Å². The van der Waals surface area contributed by atoms with Crippen molar-refractivity contribution in [3.05, 3.63) is 290 Å². The van der Waals surface area contributed by atoms with Crippen LogP contribution in [0.15, 0.2) is 273 Å². The molecule has 10 aromatic carbocycles. The fourth-order valence-corrected chi connectivity index (χ4v) is 13.2. The monoisotopic (exact) mass is 930 g/mol. The van der Waals surface area contributed by atoms with Crippen LogP contribution in [0.25, 0.3) is 33.4 Å². The van der Waals surface area contributed by atoms with Gasteiger partial charge in [-0.25, -0.2) is 0 Å². The molecule has 69 heavy (non-hydrogen) atoms. The number of hydrogen-bond donors (Lipinski definition) is 0. The van der Waals surface area contributed by atoms with E-state index in [1.165, 1.54) is 31.8 Å². The summed E-state index contributed by atoms with van der Waals surface area (Å²) in [7, 11) is -2.47. The van der Waals surface area contributed by atoms with E-state index in [4.69, 9.17) is 0 Å². The normalized spacial score (nSPS) is 10.7. The van der Waals surface area contributed by atoms with Crippen LogP contribution >= 0.6 is 23.8 Å². The topological polar surface area (TPSA) is 0 Å². The van der Waals surface area contributed by atoms with Gasteiger partial charge in [-0.3, -0.25) is 0 Å². The SMILES string of the molecule is C(#CP(c1ccccc1)c1ccccc1)c1ccc(-c2cc(-c3ccc(C#CP(c4ccccc4)c4ccccc4)cc3)cc(-c3ccc(C#CP(c4ccccc4)c4ccccc4)cc3)c2)cc1. The molecule has 0 aliphatic heterocycles. The smallest absolute Gasteiger partial charge is 0.0348 e. The van der Waals surface area contributed by atoms with Crippen LogP contribution in [0.2, 0.25) is 0 Å². The third-order valence-corrected chi connectivity index (χ3v) is 17.5. The summed E-state index contributed by atoms with van der Waals surface area (Å²) in [4.78, 5) is 0. The van der Waals surface area contributed by atoms with Crippen LogP contribution in [0.3, 0.4) is 0 Å². The van der Waals surface area contributed by atoms with E-state index in [9.17, 15) is 0 Å². The van der Waals surface area contributed by atoms with Gasteiger partial charge < -0.3 is 0 Å². The molecule has 0 bridgehead atoms. The summed E-state index contributed by atoms with van der Waals surface area (Å²) in [6.07, 6.45) is 0. The zero-order valence-corrected chi connectivity index (χ0v) is 40.5. The Kier molecular flexibility index (Phi) is 14.5. The van der Waals surface area contributed by atoms with E-state index in [2.05, 4.69) is 308 Å². The Labute approximate surface area is 411 Å². The standard InChI is InChI=1S/C66H45P3/c1-7-19-61(20-8-1)67(62-21-9-2-10-22-62)46-43-52-31-37-55(38-32-52)58-49-59(56-39-33-53(34-40-56)44-47-68(63-23-11-3-12-24-63)64-25-13-4-14-26-64)51-60(50-58)57-41-35-54(36-42-57)45-48-69(65-27-15-5-16-28-65)66-29-17-6-18-30-66/h1-42,49-51H. The highest BCUT2D eigenvalue weighted by Gasteiger charge is 2.14. The Bertz CT molecular complexity index is 2940. The van der Waals surface area contributed by atoms with Gasteiger partial charge in [-0.1, -0.05) is 253 Å². The molecule has 0 heterocycles. The van der Waals surface area contributed by atoms with Crippen LogP contribution in [0, 0.1) is 34.7 Å². The van der Waals surface area contributed by atoms with E-state index in [-0.39, 0.29) is 0 Å². The summed E-state index contributed by atoms with van der Waals surface area (Å²) in [6, 6.07) is 96.8. The largest absolute Gasteiger partial charge is 0.0622 e. The molecule has 0 aliphatic carbocycles. The van der Waals surface area contributed by atoms with Crippen molar-refractivity contribution in [1.82, 2.24) is 0 Å². The Morgan fingerprint density at radius 3 is 0.565 bits per heavy atom. The van der Waals surface area contributed by atoms with Crippen molar-refractivity contribution < 1.29 is 0 Å². The van der Waals surface area contributed by atoms with Gasteiger partial charge in [0.1, 0.15) is 0 Å². The number of benzene rings is 10. The minimum absolute atomic E-state index is 0.823. The fraction of sp³-hybridized carbons (Fsp3) is 0. The number of rotatable bonds is 9. The quantitative estimate of drug-likeness (QED) is 0.0999. The Hall–Kier alpha value is -7.83. The molecule has 0 unspecified atom stereocenters. The predicted molar refractivity (Wildman–Crippen MR) is 301 cm³/mol. The van der Waals surface area contributed by atoms with Crippen LogP contribution in [0.4, 0.5) is 0 Å². The van der Waals surface area contributed by atoms with Gasteiger partial charge in [0.15, 0.2) is 0 Å². The van der Waals surface area contributed by atoms with E-state index in [1.54, 1.807) is 0 Å². The van der Waals surface area contributed by atoms with Gasteiger partial charge in [-0.05, 0) is 120 Å². The van der Waals surface area contributed by atoms with Crippen LogP contribution in [-0.2, 0) is 0 Å². The van der Waals surface area contributed by atoms with Crippen LogP contribution in [-0.4, -0.2) is 0 Å². The van der Waals surface area contributed by atoms with Crippen LogP contribution in [0.1, 0.15) is 16.7 Å². The molecule has 10 rings (SSSR count). The highest BCUT2D eigenvalue weighted by Crippen LogP contribution is 2.36. The van der Waals surface area contributed by atoms with Crippen molar-refractivity contribution in [2.45, 2.75) is 0 Å². The van der Waals surface area contributed by atoms with Gasteiger partial charge >= 0.3 is 0 Å². The minimum Gasteiger partial charge on any atom is -0.0622 e. The van der Waals surface area contributed by atoms with Gasteiger partial charge in [-0.2, -0.15) is 0 Å². The van der Waals surface area contributed by atoms with E-state index >= 15 is 0 Å². The lowest BCUT2D eigenvalue weighted by Crippen LogP contribution is -2.09. The van der Waals surface area contributed by atoms with E-state index in [1.807, 2.05) is 0 Å². The molecule has 3 heteroatoms. The lowest BCUT2D eigenvalue weighted by molar-refractivity contribution is 1.54. The summed E-state index contributed by atoms with van der Waals surface area (Å²) < 4.78 is 0. The Balaban J connectivity index is 0.977. The average Bonchev–Trinajstić information content (AvgIpc) is 3.43. The summed E-state index contributed by atoms with van der Waals surface area (Å²) in [6.45, 7) is 0. The maximum atomic E-state index is 3.66. The average molecular weight is 931 g/mol. The molecule has 10 aromatic rings. The van der Waals surface area contributed by atoms with Gasteiger partial charge in [0.05, 0.1) is 0 Å². The van der Waals surface area contributed by atoms with Gasteiger partial charge in [0, 0.05) is 40.5 Å². The molecule has 0 nitrogen and oxygen atoms in total. The number of hydrogen-bond acceptors (Lipinski definition) is 0. The predicted octanol–water partition coefficient (Wildman–Crippen LogP) is 14.0. The summed E-state index contributed by atoms with van der Waals surface area (Å²) in [5.41, 5.74) is 20.8. The molecule has 0 fully saturated rings. The molecule has 324 valence electrons. The first-order valence-corrected chi connectivity index (χ1v) is 26.9. The molecule has 0 saturated heterocycles. The van der Waals surface area contributed by atoms with Gasteiger partial charge in [0.25, 0.3) is 0 Å². The first-order valence-electron chi connectivity index (χ1n) is 22.9. The Morgan fingerprint density at radius 1 is 0.188 bits per heavy atom. The minimum atomic E-state index is -0.823. The molecule has 0 aromatic heterocycles. The van der Waals surface area contributed by atoms with Gasteiger partial charge in [-0.15, -0.1) is 0 Å². The maximum absolute atomic E-state index is 3.66. The fourth-order valence-electron chi connectivity index (χ4n) is 8.02. The lowest BCUT2D eigenvalue weighted by Gasteiger charge is -2.13. The zero-order chi connectivity index (χ0) is 46.5. The highest BCUT2D eigenvalue weighted by molar-refractivity contribution is 7.78. The molecule has 0 N–H and O–H groups in total. The zero-order valence-electron chi connectivity index (χ0n) is 37.8. The molecular formula is C66H45P3. The molecule has 0 amide bonds. The molecule has 0 aliphatic rings. The second-order valence-corrected chi connectivity index (χ2v) is 22.0. The summed E-state index contributed by atoms with van der Waals surface area (Å²) in [5.74, 6) is 10.6. The van der Waals surface area contributed by atoms with E-state index in [0.717, 1.165) is 50.1 Å². The van der Waals surface area contributed by atoms with Crippen molar-refractivity contribution in [3.8, 4) is 68.1 Å². The first kappa shape index (κ1) is 45.0. The molecule has 0 atom stereocenters. The third-order valence-electron chi connectivity index (χ3n) is 11.6. The van der Waals surface area contributed by atoms with E-state index in [0.29, 0.717) is 0 Å². The van der Waals surface area contributed by atoms with Crippen molar-refractivity contribution in [2.75, 3.05) is 0 Å². The Morgan fingerprint density at radius 2 is 0.377 bits per heavy atom. The molecule has 0 spiro atoms. The van der Waals surface area contributed by atoms with E-state index < -0.39 is 23.8 Å². The van der Waals surface area contributed by atoms with Crippen molar-refractivity contribution in [3.63, 3.8) is 0 Å². The van der Waals surface area contributed by atoms with Crippen molar-refractivity contribution in [1.29, 1.82) is 0 Å². The van der Waals surface area contributed by atoms with Crippen LogP contribution < -0.4 is 31.8 Å². The third kappa shape index (κ3) is 11.5. The second kappa shape index (κ2) is 22.3.